The molecule has 1 N–H and O–H groups in total. The summed E-state index contributed by atoms with van der Waals surface area (Å²) in [7, 11) is -2.02. The first-order valence-corrected chi connectivity index (χ1v) is 18.6. The van der Waals surface area contributed by atoms with Gasteiger partial charge < -0.3 is 23.7 Å². The fraction of sp³-hybridized carbons (Fsp3) is 0.541. The maximum Gasteiger partial charge on any atom is 0.312 e. The van der Waals surface area contributed by atoms with E-state index in [0.29, 0.717) is 19.6 Å². The van der Waals surface area contributed by atoms with Gasteiger partial charge >= 0.3 is 5.97 Å². The van der Waals surface area contributed by atoms with Gasteiger partial charge in [-0.15, -0.1) is 0 Å². The van der Waals surface area contributed by atoms with Gasteiger partial charge in [0.25, 0.3) is 0 Å². The summed E-state index contributed by atoms with van der Waals surface area (Å²) in [4.78, 5) is 12.4. The lowest BCUT2D eigenvalue weighted by Crippen LogP contribution is -2.43. The van der Waals surface area contributed by atoms with Crippen LogP contribution in [0.4, 0.5) is 0 Å². The Labute approximate surface area is 266 Å². The summed E-state index contributed by atoms with van der Waals surface area (Å²) in [5, 5.41) is 11.3. The number of ether oxygens (including phenoxy) is 3. The van der Waals surface area contributed by atoms with Crippen LogP contribution in [0.1, 0.15) is 65.5 Å². The number of cyclic esters (lactones) is 1. The molecule has 0 aromatic heterocycles. The second-order valence-corrected chi connectivity index (χ2v) is 17.9. The molecule has 0 saturated carbocycles. The van der Waals surface area contributed by atoms with Crippen LogP contribution in [0.5, 0.6) is 0 Å². The first-order valence-electron chi connectivity index (χ1n) is 15.7. The molecule has 2 aromatic carbocycles. The summed E-state index contributed by atoms with van der Waals surface area (Å²) in [6.07, 6.45) is -1.84. The molecule has 0 spiro atoms. The molecule has 0 aliphatic carbocycles. The number of hydrogen-bond donors (Lipinski definition) is 1. The Hall–Kier alpha value is -2.91. The van der Waals surface area contributed by atoms with E-state index in [1.807, 2.05) is 81.4 Å². The highest BCUT2D eigenvalue weighted by Crippen LogP contribution is 2.37. The number of carbonyl (C=O) groups is 1. The summed E-state index contributed by atoms with van der Waals surface area (Å²) < 4.78 is 24.4. The van der Waals surface area contributed by atoms with Crippen LogP contribution >= 0.6 is 0 Å². The number of hydrogen-bond acceptors (Lipinski definition) is 6. The summed E-state index contributed by atoms with van der Waals surface area (Å²) in [6, 6.07) is 19.7. The van der Waals surface area contributed by atoms with E-state index in [2.05, 4.69) is 57.5 Å². The molecule has 1 saturated heterocycles. The maximum atomic E-state index is 12.4. The van der Waals surface area contributed by atoms with Crippen LogP contribution in [0.3, 0.4) is 0 Å². The van der Waals surface area contributed by atoms with E-state index >= 15 is 0 Å². The number of aliphatic hydroxyl groups is 1. The minimum Gasteiger partial charge on any atom is -0.446 e. The average Bonchev–Trinajstić information content (AvgIpc) is 3.26. The Balaban J connectivity index is 1.72. The molecule has 7 atom stereocenters. The molecule has 1 aliphatic rings. The zero-order valence-electron chi connectivity index (χ0n) is 27.6. The van der Waals surface area contributed by atoms with Crippen molar-refractivity contribution >= 4 is 14.3 Å². The fourth-order valence-electron chi connectivity index (χ4n) is 4.58. The lowest BCUT2D eigenvalue weighted by molar-refractivity contribution is -0.142. The lowest BCUT2D eigenvalue weighted by atomic mass is 9.95. The van der Waals surface area contributed by atoms with Crippen molar-refractivity contribution in [2.45, 2.75) is 116 Å². The van der Waals surface area contributed by atoms with Gasteiger partial charge in [0.2, 0.25) is 0 Å². The minimum atomic E-state index is -2.02. The molecule has 0 bridgehead atoms. The van der Waals surface area contributed by atoms with Crippen molar-refractivity contribution in [3.05, 3.63) is 71.8 Å². The summed E-state index contributed by atoms with van der Waals surface area (Å²) in [5.74, 6) is 11.7. The van der Waals surface area contributed by atoms with Gasteiger partial charge in [-0.3, -0.25) is 4.79 Å². The highest BCUT2D eigenvalue weighted by atomic mass is 28.4. The fourth-order valence-corrected chi connectivity index (χ4v) is 5.87. The van der Waals surface area contributed by atoms with Crippen molar-refractivity contribution in [2.75, 3.05) is 0 Å². The van der Waals surface area contributed by atoms with Gasteiger partial charge in [0.05, 0.1) is 25.2 Å². The van der Waals surface area contributed by atoms with Crippen molar-refractivity contribution in [1.82, 2.24) is 0 Å². The number of rotatable bonds is 12. The van der Waals surface area contributed by atoms with Crippen LogP contribution < -0.4 is 0 Å². The molecule has 2 aromatic rings. The van der Waals surface area contributed by atoms with Gasteiger partial charge in [0, 0.05) is 6.42 Å². The van der Waals surface area contributed by atoms with E-state index in [0.717, 1.165) is 17.5 Å². The molecule has 6 nitrogen and oxygen atoms in total. The first-order chi connectivity index (χ1) is 20.8. The summed E-state index contributed by atoms with van der Waals surface area (Å²) in [6.45, 7) is 17.6. The van der Waals surface area contributed by atoms with E-state index < -0.39 is 38.7 Å². The van der Waals surface area contributed by atoms with E-state index in [1.165, 1.54) is 0 Å². The minimum absolute atomic E-state index is 0.0618. The van der Waals surface area contributed by atoms with Crippen LogP contribution in [0.25, 0.3) is 0 Å². The average molecular weight is 619 g/mol. The second kappa shape index (κ2) is 16.4. The standard InChI is InChI=1S/C37H50O6Si/c1-9-31(43-44(7,8)37(4,5)6)23-24-32(38)34(40-25-29-18-12-10-13-19-29)27(2)17-16-22-33-35(28(3)36(39)42-33)41-26-30-20-14-11-15-21-30/h10-15,18-21,27-28,31-35,38H,9,17,25-26H2,1-8H3/t27-,28-,31-,32-,33-,34+,35-/m1/s1. The molecule has 7 heteroatoms. The van der Waals surface area contributed by atoms with Gasteiger partial charge in [-0.05, 0) is 48.5 Å². The molecule has 1 aliphatic heterocycles. The van der Waals surface area contributed by atoms with E-state index in [1.54, 1.807) is 0 Å². The monoisotopic (exact) mass is 618 g/mol. The predicted molar refractivity (Wildman–Crippen MR) is 177 cm³/mol. The largest absolute Gasteiger partial charge is 0.446 e. The highest BCUT2D eigenvalue weighted by Gasteiger charge is 2.42. The van der Waals surface area contributed by atoms with Crippen molar-refractivity contribution in [2.24, 2.45) is 11.8 Å². The number of benzene rings is 2. The third-order valence-electron chi connectivity index (χ3n) is 8.52. The third kappa shape index (κ3) is 10.3. The Morgan fingerprint density at radius 1 is 0.977 bits per heavy atom. The van der Waals surface area contributed by atoms with Crippen molar-refractivity contribution in [1.29, 1.82) is 0 Å². The van der Waals surface area contributed by atoms with Crippen molar-refractivity contribution in [3.8, 4) is 23.7 Å². The summed E-state index contributed by atoms with van der Waals surface area (Å²) >= 11 is 0. The van der Waals surface area contributed by atoms with Crippen LogP contribution in [-0.4, -0.2) is 49.9 Å². The van der Waals surface area contributed by atoms with Gasteiger partial charge in [-0.25, -0.2) is 0 Å². The van der Waals surface area contributed by atoms with Crippen LogP contribution in [0.15, 0.2) is 60.7 Å². The topological polar surface area (TPSA) is 74.2 Å². The molecular formula is C37H50O6Si. The Kier molecular flexibility index (Phi) is 13.3. The molecule has 1 heterocycles. The molecule has 3 rings (SSSR count). The van der Waals surface area contributed by atoms with Gasteiger partial charge in [-0.2, -0.15) is 0 Å². The van der Waals surface area contributed by atoms with Gasteiger partial charge in [0.1, 0.15) is 18.3 Å². The first kappa shape index (κ1) is 35.6. The molecule has 0 amide bonds. The second-order valence-electron chi connectivity index (χ2n) is 13.2. The van der Waals surface area contributed by atoms with Crippen molar-refractivity contribution < 1.29 is 28.5 Å². The van der Waals surface area contributed by atoms with Crippen LogP contribution in [0, 0.1) is 35.5 Å². The maximum absolute atomic E-state index is 12.4. The molecule has 238 valence electrons. The van der Waals surface area contributed by atoms with Crippen molar-refractivity contribution in [3.63, 3.8) is 0 Å². The summed E-state index contributed by atoms with van der Waals surface area (Å²) in [5.41, 5.74) is 2.03. The molecular weight excluding hydrogens is 568 g/mol. The van der Waals surface area contributed by atoms with E-state index in [-0.39, 0.29) is 23.0 Å². The lowest BCUT2D eigenvalue weighted by Gasteiger charge is -2.38. The number of aliphatic hydroxyl groups excluding tert-OH is 1. The Morgan fingerprint density at radius 2 is 1.57 bits per heavy atom. The Bertz CT molecular complexity index is 1300. The van der Waals surface area contributed by atoms with E-state index in [9.17, 15) is 9.90 Å². The molecule has 0 unspecified atom stereocenters. The predicted octanol–water partition coefficient (Wildman–Crippen LogP) is 6.91. The highest BCUT2D eigenvalue weighted by molar-refractivity contribution is 6.74. The normalized spacial score (nSPS) is 21.2. The third-order valence-corrected chi connectivity index (χ3v) is 13.0. The quantitative estimate of drug-likeness (QED) is 0.158. The molecule has 1 fully saturated rings. The zero-order valence-corrected chi connectivity index (χ0v) is 28.6. The Morgan fingerprint density at radius 3 is 2.14 bits per heavy atom. The van der Waals surface area contributed by atoms with Gasteiger partial charge in [-0.1, -0.05) is 119 Å². The molecule has 0 radical (unpaired) electrons. The number of esters is 1. The van der Waals surface area contributed by atoms with E-state index in [4.69, 9.17) is 18.6 Å². The number of carbonyl (C=O) groups excluding carboxylic acids is 1. The van der Waals surface area contributed by atoms with Crippen LogP contribution in [-0.2, 0) is 36.6 Å². The van der Waals surface area contributed by atoms with Gasteiger partial charge in [0.15, 0.2) is 14.4 Å². The smallest absolute Gasteiger partial charge is 0.312 e. The molecule has 44 heavy (non-hydrogen) atoms. The zero-order chi connectivity index (χ0) is 32.3. The van der Waals surface area contributed by atoms with Crippen LogP contribution in [0.2, 0.25) is 18.1 Å². The SMILES string of the molecule is CC[C@H](C#C[C@@H](O)[C@@H](OCc1ccccc1)[C@H](C)CC#C[C@H]1OC(=O)[C@H](C)[C@H]1OCc1ccccc1)O[Si](C)(C)C(C)(C)C.